The second-order valence-electron chi connectivity index (χ2n) is 7.33. The normalized spacial score (nSPS) is 11.3. The minimum Gasteiger partial charge on any atom is -0.487 e. The third-order valence-electron chi connectivity index (χ3n) is 5.20. The maximum atomic E-state index is 5.99. The van der Waals surface area contributed by atoms with Gasteiger partial charge in [0.05, 0.1) is 16.9 Å². The van der Waals surface area contributed by atoms with Crippen molar-refractivity contribution in [3.05, 3.63) is 103 Å². The van der Waals surface area contributed by atoms with E-state index in [0.717, 1.165) is 44.7 Å². The molecule has 0 aliphatic rings. The number of allylic oxidation sites excluding steroid dienone is 1. The standard InChI is InChI=1S/C26H21N5O/c1-2-5-19-9-13-23(31-18-27-29-30-31)16-25(19)20-10-14-24(15-11-20)32-17-22-12-8-21-6-3-4-7-26(21)28-22/h2-16,18H,17H2,1H3. The van der Waals surface area contributed by atoms with Gasteiger partial charge in [0.15, 0.2) is 0 Å². The minimum absolute atomic E-state index is 0.419. The Balaban J connectivity index is 1.37. The van der Waals surface area contributed by atoms with E-state index in [1.54, 1.807) is 11.0 Å². The molecule has 32 heavy (non-hydrogen) atoms. The smallest absolute Gasteiger partial charge is 0.143 e. The van der Waals surface area contributed by atoms with Crippen molar-refractivity contribution in [2.24, 2.45) is 0 Å². The van der Waals surface area contributed by atoms with Gasteiger partial charge in [0.1, 0.15) is 18.7 Å². The Morgan fingerprint density at radius 3 is 2.62 bits per heavy atom. The molecule has 0 bridgehead atoms. The summed E-state index contributed by atoms with van der Waals surface area (Å²) in [6.07, 6.45) is 5.71. The first kappa shape index (κ1) is 19.6. The van der Waals surface area contributed by atoms with E-state index < -0.39 is 0 Å². The monoisotopic (exact) mass is 419 g/mol. The Bertz CT molecular complexity index is 1380. The van der Waals surface area contributed by atoms with Crippen LogP contribution in [0.15, 0.2) is 91.3 Å². The lowest BCUT2D eigenvalue weighted by atomic mass is 9.98. The molecule has 0 N–H and O–H groups in total. The van der Waals surface area contributed by atoms with E-state index in [1.807, 2.05) is 55.5 Å². The summed E-state index contributed by atoms with van der Waals surface area (Å²) in [5.41, 5.74) is 6.09. The number of para-hydroxylation sites is 1. The van der Waals surface area contributed by atoms with Crippen LogP contribution in [-0.4, -0.2) is 25.2 Å². The molecule has 3 aromatic carbocycles. The molecule has 0 spiro atoms. The van der Waals surface area contributed by atoms with Crippen molar-refractivity contribution in [2.75, 3.05) is 0 Å². The summed E-state index contributed by atoms with van der Waals surface area (Å²) in [6, 6.07) is 26.4. The molecule has 6 heteroatoms. The Morgan fingerprint density at radius 2 is 1.81 bits per heavy atom. The maximum absolute atomic E-state index is 5.99. The highest BCUT2D eigenvalue weighted by Gasteiger charge is 2.08. The number of hydrogen-bond acceptors (Lipinski definition) is 5. The van der Waals surface area contributed by atoms with E-state index in [2.05, 4.69) is 63.0 Å². The molecule has 0 saturated heterocycles. The van der Waals surface area contributed by atoms with Gasteiger partial charge < -0.3 is 4.74 Å². The van der Waals surface area contributed by atoms with Crippen LogP contribution >= 0.6 is 0 Å². The number of fused-ring (bicyclic) bond motifs is 1. The lowest BCUT2D eigenvalue weighted by molar-refractivity contribution is 0.302. The van der Waals surface area contributed by atoms with Gasteiger partial charge >= 0.3 is 0 Å². The average molecular weight is 419 g/mol. The fourth-order valence-corrected chi connectivity index (χ4v) is 3.62. The topological polar surface area (TPSA) is 65.7 Å². The SMILES string of the molecule is CC=Cc1ccc(-n2cnnn2)cc1-c1ccc(OCc2ccc3ccccc3n2)cc1. The van der Waals surface area contributed by atoms with Crippen LogP contribution in [0.2, 0.25) is 0 Å². The largest absolute Gasteiger partial charge is 0.487 e. The van der Waals surface area contributed by atoms with Crippen molar-refractivity contribution in [1.82, 2.24) is 25.2 Å². The first-order valence-corrected chi connectivity index (χ1v) is 10.4. The van der Waals surface area contributed by atoms with Gasteiger partial charge in [-0.2, -0.15) is 0 Å². The van der Waals surface area contributed by atoms with Crippen molar-refractivity contribution in [3.63, 3.8) is 0 Å². The highest BCUT2D eigenvalue weighted by Crippen LogP contribution is 2.29. The number of ether oxygens (including phenoxy) is 1. The van der Waals surface area contributed by atoms with Gasteiger partial charge in [-0.25, -0.2) is 9.67 Å². The van der Waals surface area contributed by atoms with Crippen molar-refractivity contribution in [1.29, 1.82) is 0 Å². The number of benzene rings is 3. The second-order valence-corrected chi connectivity index (χ2v) is 7.33. The van der Waals surface area contributed by atoms with Crippen LogP contribution in [0.3, 0.4) is 0 Å². The van der Waals surface area contributed by atoms with E-state index in [4.69, 9.17) is 4.74 Å². The van der Waals surface area contributed by atoms with Crippen molar-refractivity contribution >= 4 is 17.0 Å². The summed E-state index contributed by atoms with van der Waals surface area (Å²) in [7, 11) is 0. The van der Waals surface area contributed by atoms with Gasteiger partial charge in [-0.05, 0) is 70.4 Å². The predicted molar refractivity (Wildman–Crippen MR) is 125 cm³/mol. The average Bonchev–Trinajstić information content (AvgIpc) is 3.39. The molecular weight excluding hydrogens is 398 g/mol. The van der Waals surface area contributed by atoms with Crippen molar-refractivity contribution in [2.45, 2.75) is 13.5 Å². The Hall–Kier alpha value is -4.32. The molecule has 0 unspecified atom stereocenters. The quantitative estimate of drug-likeness (QED) is 0.364. The summed E-state index contributed by atoms with van der Waals surface area (Å²) in [5, 5.41) is 12.6. The molecule has 0 saturated carbocycles. The zero-order chi connectivity index (χ0) is 21.8. The molecule has 6 nitrogen and oxygen atoms in total. The molecule has 5 aromatic rings. The molecule has 0 aliphatic heterocycles. The zero-order valence-electron chi connectivity index (χ0n) is 17.6. The van der Waals surface area contributed by atoms with Crippen LogP contribution in [0.25, 0.3) is 33.8 Å². The molecule has 2 heterocycles. The van der Waals surface area contributed by atoms with Crippen LogP contribution in [0.1, 0.15) is 18.2 Å². The highest BCUT2D eigenvalue weighted by atomic mass is 16.5. The minimum atomic E-state index is 0.419. The number of tetrazole rings is 1. The molecular formula is C26H21N5O. The van der Waals surface area contributed by atoms with E-state index in [9.17, 15) is 0 Å². The van der Waals surface area contributed by atoms with E-state index in [0.29, 0.717) is 6.61 Å². The number of aromatic nitrogens is 5. The summed E-state index contributed by atoms with van der Waals surface area (Å²) in [4.78, 5) is 4.67. The maximum Gasteiger partial charge on any atom is 0.143 e. The summed E-state index contributed by atoms with van der Waals surface area (Å²) < 4.78 is 7.63. The van der Waals surface area contributed by atoms with Gasteiger partial charge in [0.2, 0.25) is 0 Å². The molecule has 0 atom stereocenters. The number of pyridine rings is 1. The summed E-state index contributed by atoms with van der Waals surface area (Å²) in [6.45, 7) is 2.43. The van der Waals surface area contributed by atoms with Gasteiger partial charge in [-0.1, -0.05) is 54.6 Å². The molecule has 0 radical (unpaired) electrons. The van der Waals surface area contributed by atoms with Crippen LogP contribution in [0.5, 0.6) is 5.75 Å². The van der Waals surface area contributed by atoms with Gasteiger partial charge in [0.25, 0.3) is 0 Å². The number of rotatable bonds is 6. The number of nitrogens with zero attached hydrogens (tertiary/aromatic N) is 5. The molecule has 5 rings (SSSR count). The molecule has 0 aliphatic carbocycles. The number of hydrogen-bond donors (Lipinski definition) is 0. The molecule has 156 valence electrons. The molecule has 0 amide bonds. The summed E-state index contributed by atoms with van der Waals surface area (Å²) >= 11 is 0. The predicted octanol–water partition coefficient (Wildman–Crippen LogP) is 5.49. The van der Waals surface area contributed by atoms with E-state index >= 15 is 0 Å². The third kappa shape index (κ3) is 4.11. The highest BCUT2D eigenvalue weighted by molar-refractivity contribution is 5.78. The molecule has 2 aromatic heterocycles. The van der Waals surface area contributed by atoms with Crippen LogP contribution < -0.4 is 4.74 Å². The Labute approximate surface area is 185 Å². The van der Waals surface area contributed by atoms with Crippen LogP contribution in [-0.2, 0) is 6.61 Å². The van der Waals surface area contributed by atoms with Gasteiger partial charge in [-0.15, -0.1) is 5.10 Å². The van der Waals surface area contributed by atoms with E-state index in [-0.39, 0.29) is 0 Å². The van der Waals surface area contributed by atoms with Crippen LogP contribution in [0, 0.1) is 0 Å². The summed E-state index contributed by atoms with van der Waals surface area (Å²) in [5.74, 6) is 0.799. The van der Waals surface area contributed by atoms with Gasteiger partial charge in [0, 0.05) is 5.39 Å². The molecule has 0 fully saturated rings. The van der Waals surface area contributed by atoms with Crippen molar-refractivity contribution in [3.8, 4) is 22.6 Å². The van der Waals surface area contributed by atoms with Gasteiger partial charge in [-0.3, -0.25) is 0 Å². The lowest BCUT2D eigenvalue weighted by Crippen LogP contribution is -1.98. The first-order chi connectivity index (χ1) is 15.8. The van der Waals surface area contributed by atoms with E-state index in [1.165, 1.54) is 0 Å². The Kier molecular flexibility index (Phi) is 5.41. The second kappa shape index (κ2) is 8.81. The first-order valence-electron chi connectivity index (χ1n) is 10.4. The fraction of sp³-hybridized carbons (Fsp3) is 0.0769. The zero-order valence-corrected chi connectivity index (χ0v) is 17.6. The van der Waals surface area contributed by atoms with Crippen molar-refractivity contribution < 1.29 is 4.74 Å². The third-order valence-corrected chi connectivity index (χ3v) is 5.20. The Morgan fingerprint density at radius 1 is 0.938 bits per heavy atom. The lowest BCUT2D eigenvalue weighted by Gasteiger charge is -2.11. The van der Waals surface area contributed by atoms with Crippen LogP contribution in [0.4, 0.5) is 0 Å². The fourth-order valence-electron chi connectivity index (χ4n) is 3.62.